The smallest absolute Gasteiger partial charge is 0.310 e. The van der Waals surface area contributed by atoms with E-state index in [9.17, 15) is 19.5 Å². The molecule has 2 amide bonds. The van der Waals surface area contributed by atoms with E-state index in [4.69, 9.17) is 5.11 Å². The Morgan fingerprint density at radius 2 is 1.68 bits per heavy atom. The van der Waals surface area contributed by atoms with E-state index in [0.717, 1.165) is 4.90 Å². The SMILES string of the molecule is C[C@@H](O)[C@H](CN1C(=O)c2ccccc2C1=O)C(=O)O. The van der Waals surface area contributed by atoms with E-state index in [1.165, 1.54) is 19.1 Å². The summed E-state index contributed by atoms with van der Waals surface area (Å²) in [6, 6.07) is 6.31. The van der Waals surface area contributed by atoms with Crippen molar-refractivity contribution in [3.05, 3.63) is 35.4 Å². The molecule has 6 nitrogen and oxygen atoms in total. The van der Waals surface area contributed by atoms with Crippen LogP contribution in [0, 0.1) is 5.92 Å². The number of aliphatic hydroxyl groups is 1. The highest BCUT2D eigenvalue weighted by Gasteiger charge is 2.38. The number of rotatable bonds is 4. The van der Waals surface area contributed by atoms with Gasteiger partial charge in [0, 0.05) is 6.54 Å². The second-order valence-electron chi connectivity index (χ2n) is 4.45. The number of fused-ring (bicyclic) bond motifs is 1. The molecule has 1 aromatic carbocycles. The van der Waals surface area contributed by atoms with E-state index < -0.39 is 29.8 Å². The summed E-state index contributed by atoms with van der Waals surface area (Å²) in [4.78, 5) is 35.9. The highest BCUT2D eigenvalue weighted by atomic mass is 16.4. The lowest BCUT2D eigenvalue weighted by molar-refractivity contribution is -0.145. The fourth-order valence-electron chi connectivity index (χ4n) is 2.04. The van der Waals surface area contributed by atoms with Gasteiger partial charge in [-0.25, -0.2) is 0 Å². The molecule has 0 radical (unpaired) electrons. The van der Waals surface area contributed by atoms with Gasteiger partial charge in [-0.05, 0) is 19.1 Å². The lowest BCUT2D eigenvalue weighted by Crippen LogP contribution is -2.41. The Morgan fingerprint density at radius 1 is 1.21 bits per heavy atom. The van der Waals surface area contributed by atoms with Gasteiger partial charge in [-0.2, -0.15) is 0 Å². The number of amides is 2. The minimum Gasteiger partial charge on any atom is -0.481 e. The van der Waals surface area contributed by atoms with Gasteiger partial charge in [0.05, 0.1) is 17.2 Å². The predicted molar refractivity (Wildman–Crippen MR) is 64.6 cm³/mol. The van der Waals surface area contributed by atoms with E-state index in [1.807, 2.05) is 0 Å². The molecular weight excluding hydrogens is 250 g/mol. The summed E-state index contributed by atoms with van der Waals surface area (Å²) < 4.78 is 0. The molecule has 0 saturated carbocycles. The highest BCUT2D eigenvalue weighted by Crippen LogP contribution is 2.24. The van der Waals surface area contributed by atoms with Crippen molar-refractivity contribution in [2.45, 2.75) is 13.0 Å². The van der Waals surface area contributed by atoms with Crippen molar-refractivity contribution in [2.75, 3.05) is 6.54 Å². The summed E-state index contributed by atoms with van der Waals surface area (Å²) in [5.41, 5.74) is 0.532. The molecule has 2 rings (SSSR count). The van der Waals surface area contributed by atoms with Crippen LogP contribution in [0.1, 0.15) is 27.6 Å². The summed E-state index contributed by atoms with van der Waals surface area (Å²) in [5, 5.41) is 18.4. The minimum absolute atomic E-state index is 0.266. The zero-order valence-electron chi connectivity index (χ0n) is 10.2. The largest absolute Gasteiger partial charge is 0.481 e. The Morgan fingerprint density at radius 3 is 2.05 bits per heavy atom. The molecule has 6 heteroatoms. The van der Waals surface area contributed by atoms with Gasteiger partial charge < -0.3 is 10.2 Å². The molecule has 0 saturated heterocycles. The van der Waals surface area contributed by atoms with Crippen LogP contribution in [-0.2, 0) is 4.79 Å². The van der Waals surface area contributed by atoms with Crippen LogP contribution in [-0.4, -0.2) is 45.5 Å². The second-order valence-corrected chi connectivity index (χ2v) is 4.45. The van der Waals surface area contributed by atoms with Crippen molar-refractivity contribution in [1.29, 1.82) is 0 Å². The van der Waals surface area contributed by atoms with Crippen LogP contribution in [0.2, 0.25) is 0 Å². The van der Waals surface area contributed by atoms with Crippen LogP contribution >= 0.6 is 0 Å². The third kappa shape index (κ3) is 2.22. The number of carboxylic acid groups (broad SMARTS) is 1. The summed E-state index contributed by atoms with van der Waals surface area (Å²) >= 11 is 0. The quantitative estimate of drug-likeness (QED) is 0.765. The average molecular weight is 263 g/mol. The minimum atomic E-state index is -1.24. The maximum Gasteiger partial charge on any atom is 0.310 e. The van der Waals surface area contributed by atoms with E-state index in [-0.39, 0.29) is 17.7 Å². The lowest BCUT2D eigenvalue weighted by atomic mass is 10.0. The molecule has 0 spiro atoms. The molecule has 0 fully saturated rings. The first-order valence-corrected chi connectivity index (χ1v) is 5.79. The molecule has 1 aromatic rings. The number of carbonyl (C=O) groups is 3. The maximum absolute atomic E-state index is 12.0. The van der Waals surface area contributed by atoms with Crippen molar-refractivity contribution >= 4 is 17.8 Å². The van der Waals surface area contributed by atoms with Crippen molar-refractivity contribution in [3.63, 3.8) is 0 Å². The van der Waals surface area contributed by atoms with Crippen molar-refractivity contribution < 1.29 is 24.6 Å². The van der Waals surface area contributed by atoms with Gasteiger partial charge in [-0.3, -0.25) is 19.3 Å². The molecule has 2 N–H and O–H groups in total. The van der Waals surface area contributed by atoms with Crippen LogP contribution < -0.4 is 0 Å². The van der Waals surface area contributed by atoms with E-state index in [2.05, 4.69) is 0 Å². The van der Waals surface area contributed by atoms with Gasteiger partial charge in [0.25, 0.3) is 11.8 Å². The Bertz CT molecular complexity index is 517. The third-order valence-corrected chi connectivity index (χ3v) is 3.16. The fourth-order valence-corrected chi connectivity index (χ4v) is 2.04. The van der Waals surface area contributed by atoms with Gasteiger partial charge in [0.15, 0.2) is 0 Å². The maximum atomic E-state index is 12.0. The van der Waals surface area contributed by atoms with Gasteiger partial charge in [0.2, 0.25) is 0 Å². The average Bonchev–Trinajstić information content (AvgIpc) is 2.59. The van der Waals surface area contributed by atoms with Gasteiger partial charge in [-0.15, -0.1) is 0 Å². The molecular formula is C13H13NO5. The number of nitrogens with zero attached hydrogens (tertiary/aromatic N) is 1. The number of aliphatic hydroxyl groups excluding tert-OH is 1. The molecule has 19 heavy (non-hydrogen) atoms. The Balaban J connectivity index is 2.27. The Hall–Kier alpha value is -2.21. The van der Waals surface area contributed by atoms with Gasteiger partial charge in [-0.1, -0.05) is 12.1 Å². The monoisotopic (exact) mass is 263 g/mol. The standard InChI is InChI=1S/C13H13NO5/c1-7(15)10(13(18)19)6-14-11(16)8-4-2-3-5-9(8)12(14)17/h2-5,7,10,15H,6H2,1H3,(H,18,19)/t7-,10+/m1/s1. The van der Waals surface area contributed by atoms with Crippen LogP contribution in [0.25, 0.3) is 0 Å². The van der Waals surface area contributed by atoms with Crippen molar-refractivity contribution in [2.24, 2.45) is 5.92 Å². The first kappa shape index (κ1) is 13.2. The van der Waals surface area contributed by atoms with E-state index in [0.29, 0.717) is 0 Å². The molecule has 1 aliphatic heterocycles. The van der Waals surface area contributed by atoms with Crippen molar-refractivity contribution in [1.82, 2.24) is 4.90 Å². The number of imide groups is 1. The Labute approximate surface area is 109 Å². The lowest BCUT2D eigenvalue weighted by Gasteiger charge is -2.21. The number of aliphatic carboxylic acids is 1. The molecule has 0 aliphatic carbocycles. The third-order valence-electron chi connectivity index (χ3n) is 3.16. The predicted octanol–water partition coefficient (Wildman–Crippen LogP) is 0.364. The summed E-state index contributed by atoms with van der Waals surface area (Å²) in [6.45, 7) is 0.982. The number of hydrogen-bond donors (Lipinski definition) is 2. The number of carboxylic acids is 1. The molecule has 1 aliphatic rings. The zero-order chi connectivity index (χ0) is 14.2. The molecule has 0 unspecified atom stereocenters. The van der Waals surface area contributed by atoms with E-state index >= 15 is 0 Å². The number of carbonyl (C=O) groups excluding carboxylic acids is 2. The molecule has 2 atom stereocenters. The van der Waals surface area contributed by atoms with Gasteiger partial charge in [0.1, 0.15) is 5.92 Å². The van der Waals surface area contributed by atoms with Crippen molar-refractivity contribution in [3.8, 4) is 0 Å². The summed E-state index contributed by atoms with van der Waals surface area (Å²) in [6.07, 6.45) is -1.15. The number of hydrogen-bond acceptors (Lipinski definition) is 4. The molecule has 1 heterocycles. The van der Waals surface area contributed by atoms with Crippen LogP contribution in [0.15, 0.2) is 24.3 Å². The highest BCUT2D eigenvalue weighted by molar-refractivity contribution is 6.21. The molecule has 100 valence electrons. The first-order chi connectivity index (χ1) is 8.93. The molecule has 0 bridgehead atoms. The second kappa shape index (κ2) is 4.81. The normalized spacial score (nSPS) is 17.3. The van der Waals surface area contributed by atoms with Crippen LogP contribution in [0.3, 0.4) is 0 Å². The zero-order valence-corrected chi connectivity index (χ0v) is 10.2. The summed E-state index contributed by atoms with van der Waals surface area (Å²) in [5.74, 6) is -3.48. The molecule has 0 aromatic heterocycles. The summed E-state index contributed by atoms with van der Waals surface area (Å²) in [7, 11) is 0. The topological polar surface area (TPSA) is 94.9 Å². The number of benzene rings is 1. The fraction of sp³-hybridized carbons (Fsp3) is 0.308. The Kier molecular flexibility index (Phi) is 3.35. The van der Waals surface area contributed by atoms with E-state index in [1.54, 1.807) is 12.1 Å². The van der Waals surface area contributed by atoms with Crippen LogP contribution in [0.4, 0.5) is 0 Å². The van der Waals surface area contributed by atoms with Gasteiger partial charge >= 0.3 is 5.97 Å². The van der Waals surface area contributed by atoms with Crippen LogP contribution in [0.5, 0.6) is 0 Å². The first-order valence-electron chi connectivity index (χ1n) is 5.79.